The van der Waals surface area contributed by atoms with Crippen LogP contribution in [-0.2, 0) is 4.79 Å². The molecule has 4 nitrogen and oxygen atoms in total. The second kappa shape index (κ2) is 8.26. The molecule has 2 N–H and O–H groups in total. The van der Waals surface area contributed by atoms with E-state index in [4.69, 9.17) is 0 Å². The Hall–Kier alpha value is -2.92. The van der Waals surface area contributed by atoms with E-state index in [0.717, 1.165) is 11.1 Å². The Kier molecular flexibility index (Phi) is 5.59. The number of carbonyl (C=O) groups excluding carboxylic acids is 2. The van der Waals surface area contributed by atoms with E-state index >= 15 is 0 Å². The van der Waals surface area contributed by atoms with Gasteiger partial charge in [0.2, 0.25) is 5.91 Å². The smallest absolute Gasteiger partial charge is 0.252 e. The summed E-state index contributed by atoms with van der Waals surface area (Å²) in [6, 6.07) is 21.0. The monoisotopic (exact) mass is 350 g/mol. The minimum atomic E-state index is -0.257. The number of carbonyl (C=O) groups is 2. The summed E-state index contributed by atoms with van der Waals surface area (Å²) in [6.45, 7) is -0.0646. The summed E-state index contributed by atoms with van der Waals surface area (Å²) in [5, 5.41) is 9.23. The molecule has 0 spiro atoms. The Balaban J connectivity index is 1.68. The van der Waals surface area contributed by atoms with Crippen molar-refractivity contribution in [1.82, 2.24) is 10.6 Å². The lowest BCUT2D eigenvalue weighted by Gasteiger charge is -2.20. The van der Waals surface area contributed by atoms with E-state index in [0.29, 0.717) is 5.56 Å². The van der Waals surface area contributed by atoms with E-state index < -0.39 is 0 Å². The Labute approximate surface area is 150 Å². The number of hydrogen-bond donors (Lipinski definition) is 2. The van der Waals surface area contributed by atoms with Gasteiger partial charge < -0.3 is 10.6 Å². The fraction of sp³-hybridized carbons (Fsp3) is 0.100. The number of amides is 2. The summed E-state index contributed by atoms with van der Waals surface area (Å²) in [4.78, 5) is 24.3. The molecule has 126 valence electrons. The van der Waals surface area contributed by atoms with Crippen LogP contribution in [0.2, 0.25) is 0 Å². The number of hydrogen-bond acceptors (Lipinski definition) is 3. The molecule has 0 aliphatic heterocycles. The number of nitrogens with one attached hydrogen (secondary N) is 2. The van der Waals surface area contributed by atoms with Gasteiger partial charge in [-0.2, -0.15) is 11.3 Å². The fourth-order valence-electron chi connectivity index (χ4n) is 2.52. The summed E-state index contributed by atoms with van der Waals surface area (Å²) in [5.74, 6) is -0.478. The molecule has 0 unspecified atom stereocenters. The van der Waals surface area contributed by atoms with Crippen molar-refractivity contribution in [2.24, 2.45) is 0 Å². The summed E-state index contributed by atoms with van der Waals surface area (Å²) in [5.41, 5.74) is 2.55. The summed E-state index contributed by atoms with van der Waals surface area (Å²) < 4.78 is 0. The predicted molar refractivity (Wildman–Crippen MR) is 99.5 cm³/mol. The highest BCUT2D eigenvalue weighted by molar-refractivity contribution is 7.08. The Morgan fingerprint density at radius 1 is 0.880 bits per heavy atom. The average molecular weight is 350 g/mol. The van der Waals surface area contributed by atoms with Crippen molar-refractivity contribution in [2.75, 3.05) is 6.54 Å². The van der Waals surface area contributed by atoms with Gasteiger partial charge >= 0.3 is 0 Å². The van der Waals surface area contributed by atoms with Crippen LogP contribution < -0.4 is 10.6 Å². The Morgan fingerprint density at radius 3 is 2.00 bits per heavy atom. The van der Waals surface area contributed by atoms with Crippen LogP contribution in [0.5, 0.6) is 0 Å². The molecule has 0 fully saturated rings. The molecule has 25 heavy (non-hydrogen) atoms. The van der Waals surface area contributed by atoms with E-state index in [1.807, 2.05) is 66.0 Å². The van der Waals surface area contributed by atoms with E-state index in [-0.39, 0.29) is 24.4 Å². The molecule has 0 radical (unpaired) electrons. The van der Waals surface area contributed by atoms with Crippen LogP contribution in [0.1, 0.15) is 27.5 Å². The topological polar surface area (TPSA) is 58.2 Å². The molecule has 2 amide bonds. The SMILES string of the molecule is O=C(CNC(=O)c1ccsc1)NC(c1ccccc1)c1ccccc1. The molecule has 0 atom stereocenters. The van der Waals surface area contributed by atoms with Gasteiger partial charge in [0.1, 0.15) is 0 Å². The quantitative estimate of drug-likeness (QED) is 0.716. The zero-order chi connectivity index (χ0) is 17.5. The molecule has 5 heteroatoms. The zero-order valence-electron chi connectivity index (χ0n) is 13.5. The molecule has 3 rings (SSSR count). The first-order valence-corrected chi connectivity index (χ1v) is 8.88. The van der Waals surface area contributed by atoms with E-state index in [1.54, 1.807) is 11.4 Å². The molecular weight excluding hydrogens is 332 g/mol. The predicted octanol–water partition coefficient (Wildman–Crippen LogP) is 3.38. The van der Waals surface area contributed by atoms with Crippen molar-refractivity contribution in [2.45, 2.75) is 6.04 Å². The molecule has 3 aromatic rings. The standard InChI is InChI=1S/C20H18N2O2S/c23-18(13-21-20(24)17-11-12-25-14-17)22-19(15-7-3-1-4-8-15)16-9-5-2-6-10-16/h1-12,14,19H,13H2,(H,21,24)(H,22,23). The van der Waals surface area contributed by atoms with Gasteiger partial charge in [-0.25, -0.2) is 0 Å². The lowest BCUT2D eigenvalue weighted by Crippen LogP contribution is -2.38. The average Bonchev–Trinajstić information content (AvgIpc) is 3.20. The third-order valence-corrected chi connectivity index (χ3v) is 4.45. The van der Waals surface area contributed by atoms with Crippen molar-refractivity contribution in [3.63, 3.8) is 0 Å². The largest absolute Gasteiger partial charge is 0.344 e. The van der Waals surface area contributed by atoms with Gasteiger partial charge in [0.15, 0.2) is 0 Å². The van der Waals surface area contributed by atoms with Crippen LogP contribution in [0.3, 0.4) is 0 Å². The molecule has 0 aliphatic carbocycles. The van der Waals surface area contributed by atoms with E-state index in [2.05, 4.69) is 10.6 Å². The number of thiophene rings is 1. The van der Waals surface area contributed by atoms with Gasteiger partial charge in [-0.3, -0.25) is 9.59 Å². The molecule has 1 aromatic heterocycles. The first-order chi connectivity index (χ1) is 12.2. The third-order valence-electron chi connectivity index (χ3n) is 3.76. The van der Waals surface area contributed by atoms with Crippen molar-refractivity contribution >= 4 is 23.2 Å². The summed E-state index contributed by atoms with van der Waals surface area (Å²) in [6.07, 6.45) is 0. The van der Waals surface area contributed by atoms with Crippen molar-refractivity contribution in [3.8, 4) is 0 Å². The molecule has 0 saturated heterocycles. The fourth-order valence-corrected chi connectivity index (χ4v) is 3.15. The maximum absolute atomic E-state index is 12.4. The summed E-state index contributed by atoms with van der Waals surface area (Å²) >= 11 is 1.45. The van der Waals surface area contributed by atoms with Gasteiger partial charge in [0.05, 0.1) is 12.6 Å². The maximum atomic E-state index is 12.4. The van der Waals surface area contributed by atoms with Crippen molar-refractivity contribution < 1.29 is 9.59 Å². The first-order valence-electron chi connectivity index (χ1n) is 7.93. The highest BCUT2D eigenvalue weighted by Gasteiger charge is 2.17. The van der Waals surface area contributed by atoms with E-state index in [1.165, 1.54) is 11.3 Å². The highest BCUT2D eigenvalue weighted by atomic mass is 32.1. The van der Waals surface area contributed by atoms with E-state index in [9.17, 15) is 9.59 Å². The molecule has 0 aliphatic rings. The highest BCUT2D eigenvalue weighted by Crippen LogP contribution is 2.21. The molecule has 0 saturated carbocycles. The van der Waals surface area contributed by atoms with Gasteiger partial charge in [-0.15, -0.1) is 0 Å². The maximum Gasteiger partial charge on any atom is 0.252 e. The van der Waals surface area contributed by atoms with Crippen LogP contribution >= 0.6 is 11.3 Å². The van der Waals surface area contributed by atoms with Crippen LogP contribution in [-0.4, -0.2) is 18.4 Å². The number of rotatable bonds is 6. The van der Waals surface area contributed by atoms with Gasteiger partial charge in [0, 0.05) is 10.9 Å². The van der Waals surface area contributed by atoms with Gasteiger partial charge in [-0.1, -0.05) is 60.7 Å². The zero-order valence-corrected chi connectivity index (χ0v) is 14.3. The van der Waals surface area contributed by atoms with Crippen molar-refractivity contribution in [1.29, 1.82) is 0 Å². The Bertz CT molecular complexity index is 778. The summed E-state index contributed by atoms with van der Waals surface area (Å²) in [7, 11) is 0. The normalized spacial score (nSPS) is 10.4. The second-order valence-electron chi connectivity index (χ2n) is 5.52. The molecule has 0 bridgehead atoms. The molecule has 1 heterocycles. The van der Waals surface area contributed by atoms with Gasteiger partial charge in [-0.05, 0) is 22.6 Å². The van der Waals surface area contributed by atoms with Crippen LogP contribution in [0.15, 0.2) is 77.5 Å². The van der Waals surface area contributed by atoms with Crippen LogP contribution in [0, 0.1) is 0 Å². The molecule has 2 aromatic carbocycles. The molecular formula is C20H18N2O2S. The lowest BCUT2D eigenvalue weighted by atomic mass is 9.99. The van der Waals surface area contributed by atoms with Crippen molar-refractivity contribution in [3.05, 3.63) is 94.2 Å². The van der Waals surface area contributed by atoms with Crippen LogP contribution in [0.25, 0.3) is 0 Å². The Morgan fingerprint density at radius 2 is 1.48 bits per heavy atom. The first kappa shape index (κ1) is 16.9. The number of benzene rings is 2. The second-order valence-corrected chi connectivity index (χ2v) is 6.30. The third kappa shape index (κ3) is 4.55. The van der Waals surface area contributed by atoms with Crippen LogP contribution in [0.4, 0.5) is 0 Å². The minimum absolute atomic E-state index is 0.0646. The minimum Gasteiger partial charge on any atom is -0.344 e. The lowest BCUT2D eigenvalue weighted by molar-refractivity contribution is -0.120. The van der Waals surface area contributed by atoms with Gasteiger partial charge in [0.25, 0.3) is 5.91 Å².